The first-order chi connectivity index (χ1) is 8.63. The number of H-pyrrole nitrogens is 1. The van der Waals surface area contributed by atoms with Gasteiger partial charge in [-0.15, -0.1) is 11.3 Å². The average molecular weight is 285 g/mol. The van der Waals surface area contributed by atoms with E-state index in [1.807, 2.05) is 12.3 Å². The van der Waals surface area contributed by atoms with Crippen LogP contribution in [0.2, 0.25) is 5.02 Å². The number of thiazole rings is 1. The molecule has 0 saturated carbocycles. The van der Waals surface area contributed by atoms with Gasteiger partial charge in [0, 0.05) is 11.6 Å². The van der Waals surface area contributed by atoms with Crippen molar-refractivity contribution < 1.29 is 4.79 Å². The maximum atomic E-state index is 12.0. The Kier molecular flexibility index (Phi) is 3.98. The summed E-state index contributed by atoms with van der Waals surface area (Å²) in [5.41, 5.74) is 0.910. The van der Waals surface area contributed by atoms with Crippen molar-refractivity contribution in [2.45, 2.75) is 26.3 Å². The van der Waals surface area contributed by atoms with E-state index in [-0.39, 0.29) is 17.6 Å². The summed E-state index contributed by atoms with van der Waals surface area (Å²) in [7, 11) is 0. The van der Waals surface area contributed by atoms with Crippen molar-refractivity contribution in [1.82, 2.24) is 20.5 Å². The Balaban J connectivity index is 2.13. The molecule has 0 radical (unpaired) electrons. The van der Waals surface area contributed by atoms with E-state index < -0.39 is 0 Å². The third-order valence-electron chi connectivity index (χ3n) is 2.55. The van der Waals surface area contributed by atoms with E-state index in [2.05, 4.69) is 20.5 Å². The Labute approximate surface area is 114 Å². The van der Waals surface area contributed by atoms with Crippen LogP contribution in [0.1, 0.15) is 40.6 Å². The summed E-state index contributed by atoms with van der Waals surface area (Å²) < 4.78 is 0. The van der Waals surface area contributed by atoms with Gasteiger partial charge in [-0.1, -0.05) is 18.5 Å². The second kappa shape index (κ2) is 5.49. The molecule has 1 unspecified atom stereocenters. The molecule has 0 fully saturated rings. The highest BCUT2D eigenvalue weighted by Gasteiger charge is 2.20. The van der Waals surface area contributed by atoms with Crippen LogP contribution in [0.5, 0.6) is 0 Å². The number of nitrogens with one attached hydrogen (secondary N) is 2. The van der Waals surface area contributed by atoms with E-state index in [0.29, 0.717) is 10.7 Å². The predicted octanol–water partition coefficient (Wildman–Crippen LogP) is 2.71. The first-order valence-corrected chi connectivity index (χ1v) is 6.80. The molecule has 0 aliphatic heterocycles. The minimum absolute atomic E-state index is 0.106. The molecule has 1 amide bonds. The Morgan fingerprint density at radius 2 is 2.44 bits per heavy atom. The summed E-state index contributed by atoms with van der Waals surface area (Å²) in [4.78, 5) is 16.2. The highest BCUT2D eigenvalue weighted by molar-refractivity contribution is 7.09. The smallest absolute Gasteiger partial charge is 0.273 e. The Bertz CT molecular complexity index is 537. The minimum Gasteiger partial charge on any atom is -0.341 e. The molecule has 0 bridgehead atoms. The number of rotatable bonds is 4. The first kappa shape index (κ1) is 13.0. The molecular weight excluding hydrogens is 272 g/mol. The van der Waals surface area contributed by atoms with Crippen LogP contribution < -0.4 is 5.32 Å². The normalized spacial score (nSPS) is 12.4. The van der Waals surface area contributed by atoms with E-state index in [0.717, 1.165) is 11.4 Å². The average Bonchev–Trinajstić information content (AvgIpc) is 2.98. The highest BCUT2D eigenvalue weighted by atomic mass is 35.5. The Morgan fingerprint density at radius 3 is 2.94 bits per heavy atom. The molecule has 2 rings (SSSR count). The number of carbonyl (C=O) groups excluding carboxylic acids is 1. The van der Waals surface area contributed by atoms with Crippen LogP contribution in [0.3, 0.4) is 0 Å². The second-order valence-corrected chi connectivity index (χ2v) is 5.12. The van der Waals surface area contributed by atoms with Crippen LogP contribution >= 0.6 is 22.9 Å². The number of aromatic nitrogens is 3. The first-order valence-electron chi connectivity index (χ1n) is 5.54. The number of nitrogens with zero attached hydrogens (tertiary/aromatic N) is 2. The lowest BCUT2D eigenvalue weighted by molar-refractivity contribution is 0.0930. The number of amides is 1. The summed E-state index contributed by atoms with van der Waals surface area (Å²) in [6.07, 6.45) is 2.49. The zero-order valence-corrected chi connectivity index (χ0v) is 11.6. The van der Waals surface area contributed by atoms with Crippen LogP contribution in [0, 0.1) is 6.92 Å². The fourth-order valence-corrected chi connectivity index (χ4v) is 2.48. The quantitative estimate of drug-likeness (QED) is 0.907. The number of halogens is 1. The van der Waals surface area contributed by atoms with Gasteiger partial charge in [-0.3, -0.25) is 9.89 Å². The molecule has 0 aliphatic carbocycles. The van der Waals surface area contributed by atoms with Gasteiger partial charge >= 0.3 is 0 Å². The van der Waals surface area contributed by atoms with E-state index >= 15 is 0 Å². The molecule has 0 aromatic carbocycles. The third kappa shape index (κ3) is 2.54. The standard InChI is InChI=1S/C11H13ClN4OS/c1-3-7(11-13-4-5-18-11)14-10(17)9-8(12)6(2)15-16-9/h4-5,7H,3H2,1-2H3,(H,14,17)(H,15,16). The number of hydrogen-bond acceptors (Lipinski definition) is 4. The highest BCUT2D eigenvalue weighted by Crippen LogP contribution is 2.21. The number of aryl methyl sites for hydroxylation is 1. The van der Waals surface area contributed by atoms with Crippen LogP contribution in [0.4, 0.5) is 0 Å². The lowest BCUT2D eigenvalue weighted by Gasteiger charge is -2.13. The van der Waals surface area contributed by atoms with Gasteiger partial charge < -0.3 is 5.32 Å². The molecule has 1 atom stereocenters. The van der Waals surface area contributed by atoms with Crippen molar-refractivity contribution in [3.05, 3.63) is 33.0 Å². The summed E-state index contributed by atoms with van der Waals surface area (Å²) in [5, 5.41) is 12.6. The van der Waals surface area contributed by atoms with Crippen LogP contribution in [-0.4, -0.2) is 21.1 Å². The van der Waals surface area contributed by atoms with Crippen molar-refractivity contribution in [2.24, 2.45) is 0 Å². The lowest BCUT2D eigenvalue weighted by atomic mass is 10.2. The lowest BCUT2D eigenvalue weighted by Crippen LogP contribution is -2.28. The van der Waals surface area contributed by atoms with Gasteiger partial charge in [-0.2, -0.15) is 5.10 Å². The Hall–Kier alpha value is -1.40. The SMILES string of the molecule is CCC(NC(=O)c1n[nH]c(C)c1Cl)c1nccs1. The van der Waals surface area contributed by atoms with Crippen LogP contribution in [0.15, 0.2) is 11.6 Å². The van der Waals surface area contributed by atoms with Crippen molar-refractivity contribution >= 4 is 28.8 Å². The summed E-state index contributed by atoms with van der Waals surface area (Å²) in [6, 6.07) is -0.106. The zero-order valence-electron chi connectivity index (χ0n) is 10.0. The molecule has 0 aliphatic rings. The maximum Gasteiger partial charge on any atom is 0.273 e. The second-order valence-electron chi connectivity index (χ2n) is 3.82. The van der Waals surface area contributed by atoms with Crippen molar-refractivity contribution in [3.8, 4) is 0 Å². The molecule has 96 valence electrons. The van der Waals surface area contributed by atoms with E-state index in [4.69, 9.17) is 11.6 Å². The molecule has 2 aromatic rings. The molecule has 2 heterocycles. The van der Waals surface area contributed by atoms with Gasteiger partial charge in [0.15, 0.2) is 5.69 Å². The molecule has 0 spiro atoms. The largest absolute Gasteiger partial charge is 0.341 e. The monoisotopic (exact) mass is 284 g/mol. The van der Waals surface area contributed by atoms with Gasteiger partial charge in [-0.05, 0) is 13.3 Å². The molecule has 2 aromatic heterocycles. The van der Waals surface area contributed by atoms with Crippen molar-refractivity contribution in [2.75, 3.05) is 0 Å². The van der Waals surface area contributed by atoms with Crippen molar-refractivity contribution in [3.63, 3.8) is 0 Å². The number of hydrogen-bond donors (Lipinski definition) is 2. The number of aromatic amines is 1. The summed E-state index contributed by atoms with van der Waals surface area (Å²) in [5.74, 6) is -0.286. The number of carbonyl (C=O) groups is 1. The fraction of sp³-hybridized carbons (Fsp3) is 0.364. The van der Waals surface area contributed by atoms with Crippen molar-refractivity contribution in [1.29, 1.82) is 0 Å². The van der Waals surface area contributed by atoms with Gasteiger partial charge in [0.1, 0.15) is 5.01 Å². The molecule has 7 heteroatoms. The topological polar surface area (TPSA) is 70.7 Å². The maximum absolute atomic E-state index is 12.0. The minimum atomic E-state index is -0.286. The molecule has 0 saturated heterocycles. The van der Waals surface area contributed by atoms with E-state index in [1.54, 1.807) is 13.1 Å². The van der Waals surface area contributed by atoms with Gasteiger partial charge in [0.2, 0.25) is 0 Å². The van der Waals surface area contributed by atoms with Crippen LogP contribution in [-0.2, 0) is 0 Å². The van der Waals surface area contributed by atoms with Gasteiger partial charge in [0.25, 0.3) is 5.91 Å². The molecule has 18 heavy (non-hydrogen) atoms. The fourth-order valence-electron chi connectivity index (χ4n) is 1.54. The third-order valence-corrected chi connectivity index (χ3v) is 3.90. The zero-order chi connectivity index (χ0) is 13.1. The van der Waals surface area contributed by atoms with Gasteiger partial charge in [0.05, 0.1) is 16.8 Å². The molecule has 2 N–H and O–H groups in total. The summed E-state index contributed by atoms with van der Waals surface area (Å²) in [6.45, 7) is 3.76. The van der Waals surface area contributed by atoms with E-state index in [1.165, 1.54) is 11.3 Å². The van der Waals surface area contributed by atoms with Gasteiger partial charge in [-0.25, -0.2) is 4.98 Å². The predicted molar refractivity (Wildman–Crippen MR) is 70.9 cm³/mol. The summed E-state index contributed by atoms with van der Waals surface area (Å²) >= 11 is 7.50. The van der Waals surface area contributed by atoms with E-state index in [9.17, 15) is 4.79 Å². The Morgan fingerprint density at radius 1 is 1.67 bits per heavy atom. The molecular formula is C11H13ClN4OS. The molecule has 5 nitrogen and oxygen atoms in total. The van der Waals surface area contributed by atoms with Crippen LogP contribution in [0.25, 0.3) is 0 Å².